The maximum atomic E-state index is 12.8. The first-order valence-electron chi connectivity index (χ1n) is 9.61. The van der Waals surface area contributed by atoms with Crippen molar-refractivity contribution in [2.45, 2.75) is 32.6 Å². The van der Waals surface area contributed by atoms with Crippen molar-refractivity contribution >= 4 is 17.5 Å². The molecule has 2 aromatic carbocycles. The number of likely N-dealkylation sites (tertiary alicyclic amines) is 1. The highest BCUT2D eigenvalue weighted by molar-refractivity contribution is 6.06. The molecule has 0 atom stereocenters. The predicted molar refractivity (Wildman–Crippen MR) is 106 cm³/mol. The zero-order chi connectivity index (χ0) is 19.1. The van der Waals surface area contributed by atoms with Gasteiger partial charge in [-0.05, 0) is 50.1 Å². The van der Waals surface area contributed by atoms with Crippen LogP contribution in [0.4, 0.5) is 5.69 Å². The number of amides is 2. The molecular weight excluding hydrogens is 340 g/mol. The molecule has 0 radical (unpaired) electrons. The van der Waals surface area contributed by atoms with Crippen molar-refractivity contribution in [2.75, 3.05) is 25.0 Å². The number of carbonyl (C=O) groups is 2. The number of carbonyl (C=O) groups excluding carboxylic acids is 2. The number of benzene rings is 2. The smallest absolute Gasteiger partial charge is 0.255 e. The van der Waals surface area contributed by atoms with Crippen LogP contribution in [0.25, 0.3) is 0 Å². The second-order valence-corrected chi connectivity index (χ2v) is 6.67. The van der Waals surface area contributed by atoms with E-state index in [9.17, 15) is 9.59 Å². The number of ether oxygens (including phenoxy) is 1. The number of rotatable bonds is 5. The van der Waals surface area contributed by atoms with Gasteiger partial charge in [-0.1, -0.05) is 31.0 Å². The van der Waals surface area contributed by atoms with Crippen LogP contribution >= 0.6 is 0 Å². The Bertz CT molecular complexity index is 796. The molecule has 0 bridgehead atoms. The Balaban J connectivity index is 1.75. The normalized spacial score (nSPS) is 14.3. The van der Waals surface area contributed by atoms with E-state index in [1.807, 2.05) is 30.0 Å². The third kappa shape index (κ3) is 4.88. The van der Waals surface area contributed by atoms with Crippen molar-refractivity contribution in [1.29, 1.82) is 0 Å². The van der Waals surface area contributed by atoms with Crippen LogP contribution in [0.15, 0.2) is 48.5 Å². The van der Waals surface area contributed by atoms with Crippen LogP contribution < -0.4 is 10.1 Å². The lowest BCUT2D eigenvalue weighted by Gasteiger charge is -2.20. The number of nitrogens with one attached hydrogen (secondary N) is 1. The molecule has 27 heavy (non-hydrogen) atoms. The van der Waals surface area contributed by atoms with Crippen molar-refractivity contribution in [3.8, 4) is 5.75 Å². The number of nitrogens with zero attached hydrogens (tertiary/aromatic N) is 1. The summed E-state index contributed by atoms with van der Waals surface area (Å²) in [5, 5.41) is 2.88. The minimum atomic E-state index is -0.257. The molecule has 1 aliphatic rings. The molecule has 2 aromatic rings. The van der Waals surface area contributed by atoms with Crippen molar-refractivity contribution in [3.05, 3.63) is 59.7 Å². The minimum absolute atomic E-state index is 0.00117. The van der Waals surface area contributed by atoms with Crippen LogP contribution in [0, 0.1) is 0 Å². The lowest BCUT2D eigenvalue weighted by Crippen LogP contribution is -2.32. The predicted octanol–water partition coefficient (Wildman–Crippen LogP) is 4.35. The third-order valence-electron chi connectivity index (χ3n) is 4.70. The summed E-state index contributed by atoms with van der Waals surface area (Å²) in [5.74, 6) is 0.374. The molecule has 1 fully saturated rings. The van der Waals surface area contributed by atoms with E-state index in [1.165, 1.54) is 12.8 Å². The van der Waals surface area contributed by atoms with Crippen molar-refractivity contribution in [1.82, 2.24) is 4.90 Å². The molecule has 0 saturated carbocycles. The van der Waals surface area contributed by atoms with Crippen LogP contribution in [-0.2, 0) is 0 Å². The SMILES string of the molecule is CCOc1ccccc1NC(=O)c1cccc(C(=O)N2CCCCCC2)c1. The summed E-state index contributed by atoms with van der Waals surface area (Å²) in [4.78, 5) is 27.4. The number of para-hydroxylation sites is 2. The van der Waals surface area contributed by atoms with Crippen LogP contribution in [0.3, 0.4) is 0 Å². The largest absolute Gasteiger partial charge is 0.492 e. The highest BCUT2D eigenvalue weighted by atomic mass is 16.5. The standard InChI is InChI=1S/C22H26N2O3/c1-2-27-20-13-6-5-12-19(20)23-21(25)17-10-9-11-18(16-17)22(26)24-14-7-3-4-8-15-24/h5-6,9-13,16H,2-4,7-8,14-15H2,1H3,(H,23,25). The Morgan fingerprint density at radius 2 is 1.67 bits per heavy atom. The molecule has 1 saturated heterocycles. The van der Waals surface area contributed by atoms with Gasteiger partial charge in [-0.3, -0.25) is 9.59 Å². The topological polar surface area (TPSA) is 58.6 Å². The van der Waals surface area contributed by atoms with Crippen molar-refractivity contribution in [2.24, 2.45) is 0 Å². The zero-order valence-electron chi connectivity index (χ0n) is 15.7. The van der Waals surface area contributed by atoms with E-state index >= 15 is 0 Å². The Morgan fingerprint density at radius 1 is 0.963 bits per heavy atom. The molecule has 1 heterocycles. The van der Waals surface area contributed by atoms with Gasteiger partial charge in [-0.2, -0.15) is 0 Å². The summed E-state index contributed by atoms with van der Waals surface area (Å²) >= 11 is 0. The molecule has 0 aromatic heterocycles. The highest BCUT2D eigenvalue weighted by Crippen LogP contribution is 2.24. The van der Waals surface area contributed by atoms with Crippen molar-refractivity contribution in [3.63, 3.8) is 0 Å². The van der Waals surface area contributed by atoms with Crippen LogP contribution in [0.2, 0.25) is 0 Å². The molecule has 142 valence electrons. The summed E-state index contributed by atoms with van der Waals surface area (Å²) in [7, 11) is 0. The first-order chi connectivity index (χ1) is 13.2. The van der Waals surface area contributed by atoms with Gasteiger partial charge in [0.05, 0.1) is 12.3 Å². The highest BCUT2D eigenvalue weighted by Gasteiger charge is 2.18. The Hall–Kier alpha value is -2.82. The first kappa shape index (κ1) is 19.0. The number of hydrogen-bond acceptors (Lipinski definition) is 3. The van der Waals surface area contributed by atoms with Gasteiger partial charge in [-0.25, -0.2) is 0 Å². The van der Waals surface area contributed by atoms with Gasteiger partial charge < -0.3 is 15.0 Å². The quantitative estimate of drug-likeness (QED) is 0.856. The maximum Gasteiger partial charge on any atom is 0.255 e. The Morgan fingerprint density at radius 3 is 2.41 bits per heavy atom. The van der Waals surface area contributed by atoms with Crippen LogP contribution in [0.1, 0.15) is 53.3 Å². The second-order valence-electron chi connectivity index (χ2n) is 6.67. The summed E-state index contributed by atoms with van der Waals surface area (Å²) in [6, 6.07) is 14.3. The number of hydrogen-bond donors (Lipinski definition) is 1. The fourth-order valence-electron chi connectivity index (χ4n) is 3.30. The average Bonchev–Trinajstić information content (AvgIpc) is 2.99. The van der Waals surface area contributed by atoms with E-state index in [-0.39, 0.29) is 11.8 Å². The first-order valence-corrected chi connectivity index (χ1v) is 9.61. The van der Waals surface area contributed by atoms with E-state index < -0.39 is 0 Å². The van der Waals surface area contributed by atoms with Crippen molar-refractivity contribution < 1.29 is 14.3 Å². The van der Waals surface area contributed by atoms with Gasteiger partial charge in [0.2, 0.25) is 0 Å². The molecule has 0 aliphatic carbocycles. The van der Waals surface area contributed by atoms with Gasteiger partial charge in [-0.15, -0.1) is 0 Å². The molecule has 0 spiro atoms. The van der Waals surface area contributed by atoms with E-state index in [0.717, 1.165) is 25.9 Å². The molecule has 0 unspecified atom stereocenters. The summed E-state index contributed by atoms with van der Waals surface area (Å²) in [5.41, 5.74) is 1.64. The van der Waals surface area contributed by atoms with E-state index in [1.54, 1.807) is 30.3 Å². The van der Waals surface area contributed by atoms with E-state index in [4.69, 9.17) is 4.74 Å². The Labute approximate surface area is 160 Å². The van der Waals surface area contributed by atoms with E-state index in [2.05, 4.69) is 5.32 Å². The summed E-state index contributed by atoms with van der Waals surface area (Å²) in [6.45, 7) is 4.00. The average molecular weight is 366 g/mol. The Kier molecular flexibility index (Phi) is 6.47. The minimum Gasteiger partial charge on any atom is -0.492 e. The molecule has 3 rings (SSSR count). The lowest BCUT2D eigenvalue weighted by molar-refractivity contribution is 0.0761. The molecule has 5 heteroatoms. The maximum absolute atomic E-state index is 12.8. The van der Waals surface area contributed by atoms with Crippen LogP contribution in [-0.4, -0.2) is 36.4 Å². The second kappa shape index (κ2) is 9.21. The van der Waals surface area contributed by atoms with Gasteiger partial charge in [0.15, 0.2) is 0 Å². The lowest BCUT2D eigenvalue weighted by atomic mass is 10.1. The number of anilines is 1. The monoisotopic (exact) mass is 366 g/mol. The summed E-state index contributed by atoms with van der Waals surface area (Å²) < 4.78 is 5.55. The molecule has 2 amide bonds. The fourth-order valence-corrected chi connectivity index (χ4v) is 3.30. The van der Waals surface area contributed by atoms with E-state index in [0.29, 0.717) is 29.2 Å². The molecule has 5 nitrogen and oxygen atoms in total. The van der Waals surface area contributed by atoms with Gasteiger partial charge in [0, 0.05) is 24.2 Å². The van der Waals surface area contributed by atoms with Gasteiger partial charge in [0.25, 0.3) is 11.8 Å². The third-order valence-corrected chi connectivity index (χ3v) is 4.70. The molecule has 1 N–H and O–H groups in total. The van der Waals surface area contributed by atoms with Crippen LogP contribution in [0.5, 0.6) is 5.75 Å². The fraction of sp³-hybridized carbons (Fsp3) is 0.364. The zero-order valence-corrected chi connectivity index (χ0v) is 15.7. The molecule has 1 aliphatic heterocycles. The summed E-state index contributed by atoms with van der Waals surface area (Å²) in [6.07, 6.45) is 4.43. The van der Waals surface area contributed by atoms with Gasteiger partial charge in [0.1, 0.15) is 5.75 Å². The van der Waals surface area contributed by atoms with Gasteiger partial charge >= 0.3 is 0 Å². The molecular formula is C22H26N2O3.